The number of carbonyl (C=O) groups is 2. The van der Waals surface area contributed by atoms with Crippen molar-refractivity contribution in [1.29, 1.82) is 0 Å². The normalized spacial score (nSPS) is 9.89. The zero-order valence-electron chi connectivity index (χ0n) is 9.71. The van der Waals surface area contributed by atoms with Crippen LogP contribution < -0.4 is 16.6 Å². The zero-order valence-corrected chi connectivity index (χ0v) is 9.71. The number of anilines is 1. The van der Waals surface area contributed by atoms with Gasteiger partial charge in [-0.1, -0.05) is 12.1 Å². The third kappa shape index (κ3) is 2.83. The van der Waals surface area contributed by atoms with Crippen molar-refractivity contribution in [1.82, 2.24) is 9.97 Å². The number of primary amides is 1. The van der Waals surface area contributed by atoms with Crippen molar-refractivity contribution in [2.24, 2.45) is 5.73 Å². The van der Waals surface area contributed by atoms with E-state index in [0.717, 1.165) is 6.20 Å². The Morgan fingerprint density at radius 1 is 1.26 bits per heavy atom. The predicted octanol–water partition coefficient (Wildman–Crippen LogP) is 0.121. The highest BCUT2D eigenvalue weighted by molar-refractivity contribution is 6.07. The lowest BCUT2D eigenvalue weighted by Crippen LogP contribution is -2.20. The second-order valence-electron chi connectivity index (χ2n) is 3.66. The quantitative estimate of drug-likeness (QED) is 0.724. The first-order chi connectivity index (χ1) is 9.08. The monoisotopic (exact) mass is 258 g/mol. The molecule has 0 atom stereocenters. The van der Waals surface area contributed by atoms with Crippen molar-refractivity contribution >= 4 is 17.5 Å². The predicted molar refractivity (Wildman–Crippen MR) is 67.8 cm³/mol. The summed E-state index contributed by atoms with van der Waals surface area (Å²) in [6.07, 6.45) is 2.18. The topological polar surface area (TPSA) is 118 Å². The number of hydrogen-bond donors (Lipinski definition) is 3. The van der Waals surface area contributed by atoms with Gasteiger partial charge in [0.2, 0.25) is 0 Å². The number of carbonyl (C=O) groups excluding carboxylic acids is 2. The average Bonchev–Trinajstić information content (AvgIpc) is 2.39. The summed E-state index contributed by atoms with van der Waals surface area (Å²) in [7, 11) is 0. The van der Waals surface area contributed by atoms with Gasteiger partial charge < -0.3 is 16.0 Å². The van der Waals surface area contributed by atoms with Crippen LogP contribution in [-0.2, 0) is 0 Å². The molecule has 0 aliphatic heterocycles. The molecule has 0 radical (unpaired) electrons. The Bertz CT molecular complexity index is 673. The second-order valence-corrected chi connectivity index (χ2v) is 3.66. The molecule has 0 unspecified atom stereocenters. The number of hydrogen-bond acceptors (Lipinski definition) is 4. The van der Waals surface area contributed by atoms with Crippen LogP contribution in [0.3, 0.4) is 0 Å². The molecule has 1 aromatic heterocycles. The lowest BCUT2D eigenvalue weighted by molar-refractivity contribution is 0.100. The van der Waals surface area contributed by atoms with Crippen LogP contribution in [0.15, 0.2) is 41.5 Å². The third-order valence-corrected chi connectivity index (χ3v) is 2.35. The van der Waals surface area contributed by atoms with Gasteiger partial charge >= 0.3 is 0 Å². The summed E-state index contributed by atoms with van der Waals surface area (Å²) in [4.78, 5) is 39.9. The van der Waals surface area contributed by atoms with Gasteiger partial charge in [-0.2, -0.15) is 0 Å². The van der Waals surface area contributed by atoms with Crippen molar-refractivity contribution in [3.05, 3.63) is 58.3 Å². The largest absolute Gasteiger partial charge is 0.366 e. The Morgan fingerprint density at radius 2 is 2.00 bits per heavy atom. The standard InChI is InChI=1S/C12H10N4O3/c13-11(18)7-3-1-2-4-8(7)16-12(19)9-5-15-10(17)6-14-9/h1-6H,(H2,13,18)(H,15,17)(H,16,19). The van der Waals surface area contributed by atoms with E-state index in [9.17, 15) is 14.4 Å². The van der Waals surface area contributed by atoms with Gasteiger partial charge in [0.05, 0.1) is 17.4 Å². The van der Waals surface area contributed by atoms with E-state index in [0.29, 0.717) is 0 Å². The Morgan fingerprint density at radius 3 is 2.63 bits per heavy atom. The molecule has 0 spiro atoms. The minimum absolute atomic E-state index is 0.0267. The molecular weight excluding hydrogens is 248 g/mol. The van der Waals surface area contributed by atoms with Gasteiger partial charge in [0.15, 0.2) is 0 Å². The van der Waals surface area contributed by atoms with E-state index in [2.05, 4.69) is 15.3 Å². The van der Waals surface area contributed by atoms with Gasteiger partial charge in [-0.3, -0.25) is 14.4 Å². The smallest absolute Gasteiger partial charge is 0.275 e. The average molecular weight is 258 g/mol. The van der Waals surface area contributed by atoms with Crippen LogP contribution in [0, 0.1) is 0 Å². The minimum atomic E-state index is -0.648. The zero-order chi connectivity index (χ0) is 13.8. The van der Waals surface area contributed by atoms with Crippen molar-refractivity contribution < 1.29 is 9.59 Å². The summed E-state index contributed by atoms with van der Waals surface area (Å²) < 4.78 is 0. The van der Waals surface area contributed by atoms with Crippen LogP contribution in [0.4, 0.5) is 5.69 Å². The summed E-state index contributed by atoms with van der Waals surface area (Å²) in [5.74, 6) is -1.20. The molecule has 0 aliphatic rings. The first kappa shape index (κ1) is 12.5. The Balaban J connectivity index is 2.26. The molecule has 1 aromatic carbocycles. The van der Waals surface area contributed by atoms with E-state index in [4.69, 9.17) is 5.73 Å². The number of nitrogens with one attached hydrogen (secondary N) is 2. The molecule has 7 nitrogen and oxygen atoms in total. The fourth-order valence-electron chi connectivity index (χ4n) is 1.46. The van der Waals surface area contributed by atoms with Crippen LogP contribution >= 0.6 is 0 Å². The molecule has 0 saturated carbocycles. The number of amides is 2. The van der Waals surface area contributed by atoms with E-state index in [1.165, 1.54) is 12.3 Å². The van der Waals surface area contributed by atoms with E-state index >= 15 is 0 Å². The molecule has 2 amide bonds. The maximum absolute atomic E-state index is 11.9. The molecule has 0 fully saturated rings. The second kappa shape index (κ2) is 5.13. The lowest BCUT2D eigenvalue weighted by atomic mass is 10.1. The van der Waals surface area contributed by atoms with Crippen LogP contribution in [0.25, 0.3) is 0 Å². The first-order valence-corrected chi connectivity index (χ1v) is 5.33. The number of para-hydroxylation sites is 1. The van der Waals surface area contributed by atoms with E-state index in [-0.39, 0.29) is 16.9 Å². The molecule has 19 heavy (non-hydrogen) atoms. The van der Waals surface area contributed by atoms with Gasteiger partial charge in [-0.15, -0.1) is 0 Å². The van der Waals surface area contributed by atoms with Crippen molar-refractivity contribution in [3.8, 4) is 0 Å². The lowest BCUT2D eigenvalue weighted by Gasteiger charge is -2.07. The summed E-state index contributed by atoms with van der Waals surface area (Å²) in [5, 5.41) is 2.50. The Labute approximate surface area is 107 Å². The fourth-order valence-corrected chi connectivity index (χ4v) is 1.46. The Hall–Kier alpha value is -2.96. The molecule has 2 rings (SSSR count). The molecule has 4 N–H and O–H groups in total. The SMILES string of the molecule is NC(=O)c1ccccc1NC(=O)c1c[nH]c(=O)cn1. The highest BCUT2D eigenvalue weighted by Gasteiger charge is 2.12. The van der Waals surface area contributed by atoms with Crippen LogP contribution in [0.5, 0.6) is 0 Å². The highest BCUT2D eigenvalue weighted by atomic mass is 16.2. The van der Waals surface area contributed by atoms with Crippen molar-refractivity contribution in [2.75, 3.05) is 5.32 Å². The van der Waals surface area contributed by atoms with Crippen molar-refractivity contribution in [3.63, 3.8) is 0 Å². The Kier molecular flexibility index (Phi) is 3.37. The van der Waals surface area contributed by atoms with E-state index < -0.39 is 17.4 Å². The molecule has 7 heteroatoms. The molecule has 1 heterocycles. The van der Waals surface area contributed by atoms with Crippen molar-refractivity contribution in [2.45, 2.75) is 0 Å². The van der Waals surface area contributed by atoms with Gasteiger partial charge in [-0.25, -0.2) is 4.98 Å². The third-order valence-electron chi connectivity index (χ3n) is 2.35. The maximum atomic E-state index is 11.9. The van der Waals surface area contributed by atoms with Crippen LogP contribution in [-0.4, -0.2) is 21.8 Å². The minimum Gasteiger partial charge on any atom is -0.366 e. The van der Waals surface area contributed by atoms with Gasteiger partial charge in [0.1, 0.15) is 5.69 Å². The fraction of sp³-hybridized carbons (Fsp3) is 0. The maximum Gasteiger partial charge on any atom is 0.275 e. The summed E-state index contributed by atoms with van der Waals surface area (Å²) in [6, 6.07) is 6.33. The number of aromatic amines is 1. The number of H-pyrrole nitrogens is 1. The molecular formula is C12H10N4O3. The number of aromatic nitrogens is 2. The van der Waals surface area contributed by atoms with E-state index in [1.54, 1.807) is 18.2 Å². The van der Waals surface area contributed by atoms with Crippen LogP contribution in [0.1, 0.15) is 20.8 Å². The van der Waals surface area contributed by atoms with E-state index in [1.807, 2.05) is 0 Å². The molecule has 2 aromatic rings. The molecule has 0 bridgehead atoms. The summed E-state index contributed by atoms with van der Waals surface area (Å²) in [6.45, 7) is 0. The molecule has 0 aliphatic carbocycles. The van der Waals surface area contributed by atoms with Gasteiger partial charge in [0.25, 0.3) is 17.4 Å². The van der Waals surface area contributed by atoms with Crippen LogP contribution in [0.2, 0.25) is 0 Å². The summed E-state index contributed by atoms with van der Waals surface area (Å²) in [5.41, 5.74) is 5.29. The van der Waals surface area contributed by atoms with Gasteiger partial charge in [0, 0.05) is 6.20 Å². The summed E-state index contributed by atoms with van der Waals surface area (Å²) >= 11 is 0. The highest BCUT2D eigenvalue weighted by Crippen LogP contribution is 2.14. The molecule has 96 valence electrons. The number of rotatable bonds is 3. The van der Waals surface area contributed by atoms with Gasteiger partial charge in [-0.05, 0) is 12.1 Å². The number of benzene rings is 1. The first-order valence-electron chi connectivity index (χ1n) is 5.33. The number of nitrogens with zero attached hydrogens (tertiary/aromatic N) is 1. The molecule has 0 saturated heterocycles. The number of nitrogens with two attached hydrogens (primary N) is 1.